The van der Waals surface area contributed by atoms with Gasteiger partial charge in [0.25, 0.3) is 0 Å². The second-order valence-electron chi connectivity index (χ2n) is 6.84. The van der Waals surface area contributed by atoms with Crippen molar-refractivity contribution in [1.82, 2.24) is 0 Å². The summed E-state index contributed by atoms with van der Waals surface area (Å²) in [5, 5.41) is 0. The third kappa shape index (κ3) is 6.77. The van der Waals surface area contributed by atoms with Crippen molar-refractivity contribution < 1.29 is 4.79 Å². The summed E-state index contributed by atoms with van der Waals surface area (Å²) >= 11 is 0. The van der Waals surface area contributed by atoms with E-state index in [2.05, 4.69) is 30.4 Å². The van der Waals surface area contributed by atoms with Crippen molar-refractivity contribution in [3.63, 3.8) is 0 Å². The minimum Gasteiger partial charge on any atom is -0.299 e. The predicted molar refractivity (Wildman–Crippen MR) is 94.9 cm³/mol. The standard InChI is InChI=1S/C21H32O/c22-21-14-12-10-8-6-4-2-1-3-5-7-9-11-13-19-15-17-20(21)18-16-19/h13,15-18,20H,1-12,14H2. The molecule has 0 atom stereocenters. The Morgan fingerprint density at radius 3 is 1.77 bits per heavy atom. The van der Waals surface area contributed by atoms with Crippen molar-refractivity contribution in [3.8, 4) is 0 Å². The fraction of sp³-hybridized carbons (Fsp3) is 0.667. The fourth-order valence-electron chi connectivity index (χ4n) is 3.37. The van der Waals surface area contributed by atoms with E-state index in [1.54, 1.807) is 0 Å². The Balaban J connectivity index is 1.82. The largest absolute Gasteiger partial charge is 0.299 e. The van der Waals surface area contributed by atoms with Gasteiger partial charge in [-0.1, -0.05) is 88.2 Å². The molecule has 1 heteroatoms. The summed E-state index contributed by atoms with van der Waals surface area (Å²) in [5.41, 5.74) is 1.28. The Hall–Kier alpha value is -1.11. The Bertz CT molecular complexity index is 398. The Kier molecular flexibility index (Phi) is 8.30. The van der Waals surface area contributed by atoms with Gasteiger partial charge in [-0.2, -0.15) is 0 Å². The molecule has 0 radical (unpaired) electrons. The van der Waals surface area contributed by atoms with E-state index in [4.69, 9.17) is 0 Å². The lowest BCUT2D eigenvalue weighted by molar-refractivity contribution is -0.120. The molecule has 0 aromatic carbocycles. The number of hydrogen-bond donors (Lipinski definition) is 0. The molecular formula is C21H32O. The number of rotatable bonds is 0. The molecule has 0 unspecified atom stereocenters. The zero-order valence-corrected chi connectivity index (χ0v) is 14.1. The van der Waals surface area contributed by atoms with Gasteiger partial charge < -0.3 is 0 Å². The molecule has 0 aliphatic heterocycles. The summed E-state index contributed by atoms with van der Waals surface area (Å²) in [6, 6.07) is 0. The van der Waals surface area contributed by atoms with Crippen molar-refractivity contribution in [2.24, 2.45) is 5.92 Å². The summed E-state index contributed by atoms with van der Waals surface area (Å²) < 4.78 is 0. The van der Waals surface area contributed by atoms with Crippen LogP contribution >= 0.6 is 0 Å². The first-order chi connectivity index (χ1) is 10.9. The number of Topliss-reactive ketones (excluding diaryl/α,β-unsaturated/α-hetero) is 1. The van der Waals surface area contributed by atoms with Crippen LogP contribution in [0.5, 0.6) is 0 Å². The van der Waals surface area contributed by atoms with Crippen molar-refractivity contribution in [3.05, 3.63) is 36.0 Å². The molecule has 0 saturated carbocycles. The molecule has 0 amide bonds. The molecule has 0 aromatic heterocycles. The number of fused-ring (bicyclic) bond motifs is 14. The lowest BCUT2D eigenvalue weighted by atomic mass is 9.93. The lowest BCUT2D eigenvalue weighted by Crippen LogP contribution is -2.11. The molecule has 1 nitrogen and oxygen atoms in total. The molecule has 0 N–H and O–H groups in total. The maximum absolute atomic E-state index is 12.2. The molecule has 0 spiro atoms. The highest BCUT2D eigenvalue weighted by Crippen LogP contribution is 2.19. The van der Waals surface area contributed by atoms with Crippen LogP contribution in [0.2, 0.25) is 0 Å². The summed E-state index contributed by atoms with van der Waals surface area (Å²) in [6.45, 7) is 0. The van der Waals surface area contributed by atoms with E-state index in [-0.39, 0.29) is 5.92 Å². The van der Waals surface area contributed by atoms with Gasteiger partial charge in [0.15, 0.2) is 0 Å². The van der Waals surface area contributed by atoms with Crippen LogP contribution in [0.25, 0.3) is 0 Å². The van der Waals surface area contributed by atoms with Crippen LogP contribution in [0.3, 0.4) is 0 Å². The quantitative estimate of drug-likeness (QED) is 0.512. The maximum atomic E-state index is 12.2. The average molecular weight is 300 g/mol. The fourth-order valence-corrected chi connectivity index (χ4v) is 3.37. The minimum absolute atomic E-state index is 0.0271. The number of allylic oxidation sites excluding steroid dienone is 6. The molecule has 0 fully saturated rings. The van der Waals surface area contributed by atoms with Crippen molar-refractivity contribution in [2.45, 2.75) is 83.5 Å². The molecule has 0 saturated heterocycles. The lowest BCUT2D eigenvalue weighted by Gasteiger charge is -2.11. The molecular weight excluding hydrogens is 268 g/mol. The average Bonchev–Trinajstić information content (AvgIpc) is 2.55. The third-order valence-corrected chi connectivity index (χ3v) is 4.87. The first kappa shape index (κ1) is 17.2. The maximum Gasteiger partial charge on any atom is 0.143 e. The SMILES string of the molecule is O=C1CCCCCCCCCCCCCC=C2C=CC1C=C2. The van der Waals surface area contributed by atoms with Crippen LogP contribution in [0, 0.1) is 5.92 Å². The molecule has 2 bridgehead atoms. The van der Waals surface area contributed by atoms with Gasteiger partial charge in [0.1, 0.15) is 5.78 Å². The first-order valence-corrected chi connectivity index (χ1v) is 9.45. The van der Waals surface area contributed by atoms with Crippen LogP contribution in [-0.4, -0.2) is 5.78 Å². The van der Waals surface area contributed by atoms with Crippen LogP contribution in [0.1, 0.15) is 83.5 Å². The van der Waals surface area contributed by atoms with Gasteiger partial charge in [0.05, 0.1) is 5.92 Å². The zero-order valence-electron chi connectivity index (χ0n) is 14.1. The smallest absolute Gasteiger partial charge is 0.143 e. The van der Waals surface area contributed by atoms with Crippen molar-refractivity contribution >= 4 is 5.78 Å². The highest BCUT2D eigenvalue weighted by molar-refractivity contribution is 5.85. The van der Waals surface area contributed by atoms with Gasteiger partial charge in [-0.15, -0.1) is 0 Å². The van der Waals surface area contributed by atoms with E-state index < -0.39 is 0 Å². The van der Waals surface area contributed by atoms with E-state index in [1.807, 2.05) is 0 Å². The van der Waals surface area contributed by atoms with Crippen LogP contribution < -0.4 is 0 Å². The van der Waals surface area contributed by atoms with E-state index in [0.29, 0.717) is 5.78 Å². The second-order valence-corrected chi connectivity index (χ2v) is 6.84. The number of carbonyl (C=O) groups is 1. The molecule has 0 heterocycles. The van der Waals surface area contributed by atoms with E-state index >= 15 is 0 Å². The van der Waals surface area contributed by atoms with E-state index in [9.17, 15) is 4.79 Å². The second kappa shape index (κ2) is 10.6. The molecule has 3 aliphatic carbocycles. The summed E-state index contributed by atoms with van der Waals surface area (Å²) in [6.07, 6.45) is 27.3. The van der Waals surface area contributed by atoms with Crippen molar-refractivity contribution in [2.75, 3.05) is 0 Å². The molecule has 22 heavy (non-hydrogen) atoms. The Labute approximate surface area is 136 Å². The molecule has 3 rings (SSSR count). The molecule has 0 aromatic rings. The van der Waals surface area contributed by atoms with Gasteiger partial charge in [-0.05, 0) is 24.8 Å². The van der Waals surface area contributed by atoms with E-state index in [1.165, 1.54) is 76.2 Å². The van der Waals surface area contributed by atoms with Gasteiger partial charge in [-0.25, -0.2) is 0 Å². The van der Waals surface area contributed by atoms with Gasteiger partial charge >= 0.3 is 0 Å². The number of ketones is 1. The molecule has 122 valence electrons. The monoisotopic (exact) mass is 300 g/mol. The Morgan fingerprint density at radius 1 is 0.682 bits per heavy atom. The first-order valence-electron chi connectivity index (χ1n) is 9.45. The van der Waals surface area contributed by atoms with Crippen LogP contribution in [0.15, 0.2) is 36.0 Å². The Morgan fingerprint density at radius 2 is 1.18 bits per heavy atom. The predicted octanol–water partition coefficient (Wildman–Crippen LogP) is 6.31. The topological polar surface area (TPSA) is 17.1 Å². The zero-order chi connectivity index (χ0) is 15.5. The minimum atomic E-state index is 0.0271. The van der Waals surface area contributed by atoms with Gasteiger partial charge in [0.2, 0.25) is 0 Å². The number of carbonyl (C=O) groups excluding carboxylic acids is 1. The van der Waals surface area contributed by atoms with Gasteiger partial charge in [-0.3, -0.25) is 4.79 Å². The highest BCUT2D eigenvalue weighted by atomic mass is 16.1. The van der Waals surface area contributed by atoms with Crippen molar-refractivity contribution in [1.29, 1.82) is 0 Å². The summed E-state index contributed by atoms with van der Waals surface area (Å²) in [7, 11) is 0. The summed E-state index contributed by atoms with van der Waals surface area (Å²) in [5.74, 6) is 0.420. The van der Waals surface area contributed by atoms with Crippen LogP contribution in [0.4, 0.5) is 0 Å². The molecule has 3 aliphatic rings. The number of hydrogen-bond acceptors (Lipinski definition) is 1. The third-order valence-electron chi connectivity index (χ3n) is 4.87. The highest BCUT2D eigenvalue weighted by Gasteiger charge is 2.13. The van der Waals surface area contributed by atoms with Gasteiger partial charge in [0, 0.05) is 6.42 Å². The normalized spacial score (nSPS) is 26.1. The van der Waals surface area contributed by atoms with Crippen LogP contribution in [-0.2, 0) is 4.79 Å². The van der Waals surface area contributed by atoms with E-state index in [0.717, 1.165) is 12.8 Å². The summed E-state index contributed by atoms with van der Waals surface area (Å²) in [4.78, 5) is 12.2.